The molecule has 0 saturated carbocycles. The highest BCUT2D eigenvalue weighted by Gasteiger charge is 2.38. The SMILES string of the molecule is CC1(C)Nc2ccccc2N(CCCOC(=O)Nc2ccccc2)C1=O. The monoisotopic (exact) mass is 353 g/mol. The van der Waals surface area contributed by atoms with Gasteiger partial charge in [-0.15, -0.1) is 0 Å². The van der Waals surface area contributed by atoms with Crippen molar-refractivity contribution in [1.82, 2.24) is 0 Å². The number of ether oxygens (including phenoxy) is 1. The number of nitrogens with one attached hydrogen (secondary N) is 2. The Morgan fingerprint density at radius 2 is 1.81 bits per heavy atom. The molecule has 2 N–H and O–H groups in total. The Bertz CT molecular complexity index is 790. The number of fused-ring (bicyclic) bond motifs is 1. The molecule has 2 aromatic carbocycles. The smallest absolute Gasteiger partial charge is 0.411 e. The van der Waals surface area contributed by atoms with Crippen molar-refractivity contribution in [3.8, 4) is 0 Å². The summed E-state index contributed by atoms with van der Waals surface area (Å²) in [5, 5.41) is 5.93. The molecule has 0 bridgehead atoms. The zero-order valence-electron chi connectivity index (χ0n) is 15.0. The lowest BCUT2D eigenvalue weighted by atomic mass is 9.98. The van der Waals surface area contributed by atoms with Gasteiger partial charge >= 0.3 is 6.09 Å². The highest BCUT2D eigenvalue weighted by atomic mass is 16.5. The summed E-state index contributed by atoms with van der Waals surface area (Å²) in [6.45, 7) is 4.45. The standard InChI is InChI=1S/C20H23N3O3/c1-20(2)18(24)23(17-12-7-6-11-16(17)22-20)13-8-14-26-19(25)21-15-9-4-3-5-10-15/h3-7,9-12,22H,8,13-14H2,1-2H3,(H,21,25). The molecule has 0 saturated heterocycles. The minimum absolute atomic E-state index is 0.00457. The summed E-state index contributed by atoms with van der Waals surface area (Å²) >= 11 is 0. The van der Waals surface area contributed by atoms with Crippen LogP contribution in [-0.4, -0.2) is 30.7 Å². The summed E-state index contributed by atoms with van der Waals surface area (Å²) in [4.78, 5) is 26.3. The summed E-state index contributed by atoms with van der Waals surface area (Å²) in [5.41, 5.74) is 1.80. The zero-order valence-corrected chi connectivity index (χ0v) is 15.0. The number of carbonyl (C=O) groups is 2. The van der Waals surface area contributed by atoms with Gasteiger partial charge in [0.25, 0.3) is 5.91 Å². The molecule has 3 rings (SSSR count). The van der Waals surface area contributed by atoms with Crippen LogP contribution in [0.5, 0.6) is 0 Å². The van der Waals surface area contributed by atoms with E-state index >= 15 is 0 Å². The van der Waals surface area contributed by atoms with Crippen LogP contribution in [0, 0.1) is 0 Å². The predicted molar refractivity (Wildman–Crippen MR) is 103 cm³/mol. The number of nitrogens with zero attached hydrogens (tertiary/aromatic N) is 1. The van der Waals surface area contributed by atoms with E-state index in [1.807, 2.05) is 56.3 Å². The fourth-order valence-corrected chi connectivity index (χ4v) is 2.94. The second kappa shape index (κ2) is 7.47. The van der Waals surface area contributed by atoms with Crippen molar-refractivity contribution in [1.29, 1.82) is 0 Å². The van der Waals surface area contributed by atoms with Crippen LogP contribution in [0.25, 0.3) is 0 Å². The maximum Gasteiger partial charge on any atom is 0.411 e. The van der Waals surface area contributed by atoms with Crippen molar-refractivity contribution in [3.05, 3.63) is 54.6 Å². The summed E-state index contributed by atoms with van der Waals surface area (Å²) in [6.07, 6.45) is 0.0572. The van der Waals surface area contributed by atoms with Gasteiger partial charge in [-0.1, -0.05) is 30.3 Å². The number of para-hydroxylation sites is 3. The summed E-state index contributed by atoms with van der Waals surface area (Å²) in [7, 11) is 0. The van der Waals surface area contributed by atoms with Gasteiger partial charge in [0.15, 0.2) is 0 Å². The molecular formula is C20H23N3O3. The topological polar surface area (TPSA) is 70.7 Å². The lowest BCUT2D eigenvalue weighted by Crippen LogP contribution is -2.54. The van der Waals surface area contributed by atoms with Gasteiger partial charge in [0.2, 0.25) is 0 Å². The van der Waals surface area contributed by atoms with Crippen molar-refractivity contribution in [2.24, 2.45) is 0 Å². The van der Waals surface area contributed by atoms with E-state index in [9.17, 15) is 9.59 Å². The molecule has 0 radical (unpaired) electrons. The first-order valence-corrected chi connectivity index (χ1v) is 8.65. The van der Waals surface area contributed by atoms with E-state index in [0.29, 0.717) is 18.7 Å². The number of amides is 2. The molecule has 0 aromatic heterocycles. The normalized spacial score (nSPS) is 15.0. The summed E-state index contributed by atoms with van der Waals surface area (Å²) in [5.74, 6) is 0.00457. The van der Waals surface area contributed by atoms with Gasteiger partial charge in [-0.25, -0.2) is 4.79 Å². The second-order valence-corrected chi connectivity index (χ2v) is 6.70. The van der Waals surface area contributed by atoms with Crippen molar-refractivity contribution in [3.63, 3.8) is 0 Å². The average molecular weight is 353 g/mol. The van der Waals surface area contributed by atoms with E-state index in [0.717, 1.165) is 11.4 Å². The molecule has 0 unspecified atom stereocenters. The molecular weight excluding hydrogens is 330 g/mol. The number of benzene rings is 2. The molecule has 6 nitrogen and oxygen atoms in total. The second-order valence-electron chi connectivity index (χ2n) is 6.70. The molecule has 0 atom stereocenters. The van der Waals surface area contributed by atoms with E-state index in [4.69, 9.17) is 4.74 Å². The van der Waals surface area contributed by atoms with Crippen LogP contribution < -0.4 is 15.5 Å². The van der Waals surface area contributed by atoms with Crippen molar-refractivity contribution < 1.29 is 14.3 Å². The van der Waals surface area contributed by atoms with E-state index in [1.165, 1.54) is 0 Å². The molecule has 2 amide bonds. The van der Waals surface area contributed by atoms with Crippen LogP contribution >= 0.6 is 0 Å². The Balaban J connectivity index is 1.54. The summed E-state index contributed by atoms with van der Waals surface area (Å²) in [6, 6.07) is 16.9. The fourth-order valence-electron chi connectivity index (χ4n) is 2.94. The van der Waals surface area contributed by atoms with Gasteiger partial charge in [0.05, 0.1) is 18.0 Å². The lowest BCUT2D eigenvalue weighted by molar-refractivity contribution is -0.122. The molecule has 2 aromatic rings. The van der Waals surface area contributed by atoms with Crippen molar-refractivity contribution in [2.45, 2.75) is 25.8 Å². The minimum Gasteiger partial charge on any atom is -0.449 e. The maximum atomic E-state index is 12.7. The van der Waals surface area contributed by atoms with Crippen LogP contribution in [0.3, 0.4) is 0 Å². The predicted octanol–water partition coefficient (Wildman–Crippen LogP) is 3.86. The lowest BCUT2D eigenvalue weighted by Gasteiger charge is -2.39. The zero-order chi connectivity index (χ0) is 18.6. The number of rotatable bonds is 5. The molecule has 26 heavy (non-hydrogen) atoms. The quantitative estimate of drug-likeness (QED) is 0.801. The molecule has 6 heteroatoms. The number of hydrogen-bond acceptors (Lipinski definition) is 4. The number of carbonyl (C=O) groups excluding carboxylic acids is 2. The first-order chi connectivity index (χ1) is 12.5. The molecule has 1 aliphatic rings. The molecule has 1 aliphatic heterocycles. The van der Waals surface area contributed by atoms with Crippen LogP contribution in [0.1, 0.15) is 20.3 Å². The third-order valence-corrected chi connectivity index (χ3v) is 4.20. The average Bonchev–Trinajstić information content (AvgIpc) is 2.62. The Morgan fingerprint density at radius 3 is 2.58 bits per heavy atom. The van der Waals surface area contributed by atoms with Crippen LogP contribution in [0.2, 0.25) is 0 Å². The maximum absolute atomic E-state index is 12.7. The van der Waals surface area contributed by atoms with E-state index in [-0.39, 0.29) is 12.5 Å². The molecule has 136 valence electrons. The Labute approximate surface area is 153 Å². The fraction of sp³-hybridized carbons (Fsp3) is 0.300. The van der Waals surface area contributed by atoms with Gasteiger partial charge < -0.3 is 15.0 Å². The van der Waals surface area contributed by atoms with E-state index < -0.39 is 11.6 Å². The largest absolute Gasteiger partial charge is 0.449 e. The van der Waals surface area contributed by atoms with Crippen molar-refractivity contribution >= 4 is 29.1 Å². The third-order valence-electron chi connectivity index (χ3n) is 4.20. The first kappa shape index (κ1) is 17.8. The van der Waals surface area contributed by atoms with Crippen LogP contribution in [0.15, 0.2) is 54.6 Å². The van der Waals surface area contributed by atoms with Gasteiger partial charge in [-0.05, 0) is 44.5 Å². The van der Waals surface area contributed by atoms with Crippen LogP contribution in [-0.2, 0) is 9.53 Å². The highest BCUT2D eigenvalue weighted by molar-refractivity contribution is 6.07. The van der Waals surface area contributed by atoms with Gasteiger partial charge in [0.1, 0.15) is 5.54 Å². The van der Waals surface area contributed by atoms with E-state index in [1.54, 1.807) is 17.0 Å². The van der Waals surface area contributed by atoms with Gasteiger partial charge in [-0.2, -0.15) is 0 Å². The molecule has 0 spiro atoms. The Morgan fingerprint density at radius 1 is 1.12 bits per heavy atom. The highest BCUT2D eigenvalue weighted by Crippen LogP contribution is 2.34. The van der Waals surface area contributed by atoms with Gasteiger partial charge in [-0.3, -0.25) is 10.1 Å². The van der Waals surface area contributed by atoms with Crippen molar-refractivity contribution in [2.75, 3.05) is 28.7 Å². The Hall–Kier alpha value is -3.02. The molecule has 0 aliphatic carbocycles. The van der Waals surface area contributed by atoms with E-state index in [2.05, 4.69) is 10.6 Å². The Kier molecular flexibility index (Phi) is 5.11. The molecule has 1 heterocycles. The molecule has 0 fully saturated rings. The first-order valence-electron chi connectivity index (χ1n) is 8.65. The minimum atomic E-state index is -0.667. The summed E-state index contributed by atoms with van der Waals surface area (Å²) < 4.78 is 5.21. The number of hydrogen-bond donors (Lipinski definition) is 2. The van der Waals surface area contributed by atoms with Gasteiger partial charge in [0, 0.05) is 12.2 Å². The number of anilines is 3. The third kappa shape index (κ3) is 3.96. The van der Waals surface area contributed by atoms with Crippen LogP contribution in [0.4, 0.5) is 21.9 Å².